The molecule has 6 nitrogen and oxygen atoms in total. The SMILES string of the molecule is O=C(C1CC1c1cccc(Cl)c1)N1CCC(c2nnc3n2CCNC3)CC1. The summed E-state index contributed by atoms with van der Waals surface area (Å²) in [5.41, 5.74) is 1.19. The molecule has 3 heterocycles. The summed E-state index contributed by atoms with van der Waals surface area (Å²) in [6.45, 7) is 4.37. The van der Waals surface area contributed by atoms with Crippen molar-refractivity contribution in [3.8, 4) is 0 Å². The molecule has 1 saturated carbocycles. The van der Waals surface area contributed by atoms with E-state index in [1.807, 2.05) is 18.2 Å². The highest BCUT2D eigenvalue weighted by atomic mass is 35.5. The van der Waals surface area contributed by atoms with E-state index in [9.17, 15) is 4.79 Å². The lowest BCUT2D eigenvalue weighted by Crippen LogP contribution is -2.39. The van der Waals surface area contributed by atoms with Crippen LogP contribution in [0.5, 0.6) is 0 Å². The number of aromatic nitrogens is 3. The number of carbonyl (C=O) groups excluding carboxylic acids is 1. The number of fused-ring (bicyclic) bond motifs is 1. The summed E-state index contributed by atoms with van der Waals surface area (Å²) in [4.78, 5) is 15.0. The number of rotatable bonds is 3. The minimum atomic E-state index is 0.131. The van der Waals surface area contributed by atoms with Crippen LogP contribution in [0, 0.1) is 5.92 Å². The van der Waals surface area contributed by atoms with Crippen LogP contribution in [0.4, 0.5) is 0 Å². The van der Waals surface area contributed by atoms with Gasteiger partial charge in [-0.1, -0.05) is 23.7 Å². The second-order valence-corrected chi connectivity index (χ2v) is 8.34. The fourth-order valence-electron chi connectivity index (χ4n) is 4.58. The van der Waals surface area contributed by atoms with Gasteiger partial charge in [0.05, 0.1) is 6.54 Å². The van der Waals surface area contributed by atoms with Gasteiger partial charge in [-0.25, -0.2) is 0 Å². The zero-order valence-electron chi connectivity index (χ0n) is 15.3. The molecule has 0 radical (unpaired) electrons. The molecule has 5 rings (SSSR count). The van der Waals surface area contributed by atoms with Gasteiger partial charge in [0.1, 0.15) is 11.6 Å². The van der Waals surface area contributed by atoms with Gasteiger partial charge >= 0.3 is 0 Å². The van der Waals surface area contributed by atoms with Gasteiger partial charge in [-0.3, -0.25) is 4.79 Å². The van der Waals surface area contributed by atoms with Crippen molar-refractivity contribution in [2.75, 3.05) is 19.6 Å². The zero-order valence-corrected chi connectivity index (χ0v) is 16.0. The first-order chi connectivity index (χ1) is 13.2. The second kappa shape index (κ2) is 6.91. The molecule has 3 aliphatic rings. The lowest BCUT2D eigenvalue weighted by atomic mass is 9.95. The molecule has 2 fully saturated rings. The van der Waals surface area contributed by atoms with E-state index >= 15 is 0 Å². The van der Waals surface area contributed by atoms with E-state index in [0.29, 0.717) is 17.7 Å². The van der Waals surface area contributed by atoms with Gasteiger partial charge < -0.3 is 14.8 Å². The molecule has 7 heteroatoms. The number of nitrogens with one attached hydrogen (secondary N) is 1. The Hall–Kier alpha value is -1.92. The standard InChI is InChI=1S/C20H24ClN5O/c21-15-3-1-2-14(10-15)16-11-17(16)20(27)25-7-4-13(5-8-25)19-24-23-18-12-22-6-9-26(18)19/h1-3,10,13,16-17,22H,4-9,11-12H2. The predicted molar refractivity (Wildman–Crippen MR) is 103 cm³/mol. The van der Waals surface area contributed by atoms with Crippen molar-refractivity contribution in [1.82, 2.24) is 25.0 Å². The van der Waals surface area contributed by atoms with Crippen molar-refractivity contribution in [2.45, 2.75) is 44.2 Å². The van der Waals surface area contributed by atoms with Crippen LogP contribution in [0.2, 0.25) is 5.02 Å². The molecular weight excluding hydrogens is 362 g/mol. The van der Waals surface area contributed by atoms with E-state index < -0.39 is 0 Å². The number of amides is 1. The molecule has 1 aromatic heterocycles. The van der Waals surface area contributed by atoms with Crippen molar-refractivity contribution in [2.24, 2.45) is 5.92 Å². The van der Waals surface area contributed by atoms with E-state index in [1.54, 1.807) is 0 Å². The Bertz CT molecular complexity index is 858. The van der Waals surface area contributed by atoms with Crippen LogP contribution in [-0.4, -0.2) is 45.2 Å². The topological polar surface area (TPSA) is 63.1 Å². The Kier molecular flexibility index (Phi) is 4.40. The van der Waals surface area contributed by atoms with Crippen LogP contribution < -0.4 is 5.32 Å². The fraction of sp³-hybridized carbons (Fsp3) is 0.550. The van der Waals surface area contributed by atoms with E-state index in [-0.39, 0.29) is 5.92 Å². The number of halogens is 1. The minimum Gasteiger partial charge on any atom is -0.342 e. The monoisotopic (exact) mass is 385 g/mol. The zero-order chi connectivity index (χ0) is 18.4. The lowest BCUT2D eigenvalue weighted by Gasteiger charge is -2.32. The molecule has 1 amide bonds. The summed E-state index contributed by atoms with van der Waals surface area (Å²) < 4.78 is 2.27. The van der Waals surface area contributed by atoms with E-state index in [0.717, 1.165) is 68.7 Å². The van der Waals surface area contributed by atoms with Crippen molar-refractivity contribution in [3.05, 3.63) is 46.5 Å². The number of benzene rings is 1. The maximum Gasteiger partial charge on any atom is 0.226 e. The van der Waals surface area contributed by atoms with E-state index in [2.05, 4.69) is 31.0 Å². The summed E-state index contributed by atoms with van der Waals surface area (Å²) in [6, 6.07) is 7.93. The number of piperidine rings is 1. The molecular formula is C20H24ClN5O. The van der Waals surface area contributed by atoms with Gasteiger partial charge in [-0.2, -0.15) is 0 Å². The van der Waals surface area contributed by atoms with Gasteiger partial charge in [-0.05, 0) is 42.9 Å². The van der Waals surface area contributed by atoms with Gasteiger partial charge in [-0.15, -0.1) is 10.2 Å². The van der Waals surface area contributed by atoms with Crippen LogP contribution >= 0.6 is 11.6 Å². The third-order valence-corrected chi connectivity index (χ3v) is 6.44. The summed E-state index contributed by atoms with van der Waals surface area (Å²) >= 11 is 6.10. The Balaban J connectivity index is 1.20. The molecule has 27 heavy (non-hydrogen) atoms. The molecule has 1 aromatic carbocycles. The Labute approximate surface area is 163 Å². The largest absolute Gasteiger partial charge is 0.342 e. The highest BCUT2D eigenvalue weighted by Crippen LogP contribution is 2.49. The Morgan fingerprint density at radius 3 is 2.85 bits per heavy atom. The average molecular weight is 386 g/mol. The molecule has 2 unspecified atom stereocenters. The Morgan fingerprint density at radius 1 is 1.19 bits per heavy atom. The first kappa shape index (κ1) is 17.2. The van der Waals surface area contributed by atoms with Crippen LogP contribution in [0.25, 0.3) is 0 Å². The van der Waals surface area contributed by atoms with Gasteiger partial charge in [0.15, 0.2) is 0 Å². The highest BCUT2D eigenvalue weighted by molar-refractivity contribution is 6.30. The molecule has 0 spiro atoms. The third kappa shape index (κ3) is 3.25. The van der Waals surface area contributed by atoms with Crippen LogP contribution in [0.3, 0.4) is 0 Å². The third-order valence-electron chi connectivity index (χ3n) is 6.21. The first-order valence-corrected chi connectivity index (χ1v) is 10.3. The molecule has 2 aliphatic heterocycles. The van der Waals surface area contributed by atoms with Crippen molar-refractivity contribution in [1.29, 1.82) is 0 Å². The van der Waals surface area contributed by atoms with E-state index in [4.69, 9.17) is 11.6 Å². The normalized spacial score (nSPS) is 25.3. The van der Waals surface area contributed by atoms with Crippen LogP contribution in [0.15, 0.2) is 24.3 Å². The maximum absolute atomic E-state index is 12.9. The van der Waals surface area contributed by atoms with Gasteiger partial charge in [0.2, 0.25) is 5.91 Å². The second-order valence-electron chi connectivity index (χ2n) is 7.91. The van der Waals surface area contributed by atoms with Crippen molar-refractivity contribution < 1.29 is 4.79 Å². The van der Waals surface area contributed by atoms with Crippen LogP contribution in [-0.2, 0) is 17.9 Å². The molecule has 1 N–H and O–H groups in total. The van der Waals surface area contributed by atoms with Crippen LogP contribution in [0.1, 0.15) is 48.3 Å². The fourth-order valence-corrected chi connectivity index (χ4v) is 4.78. The number of likely N-dealkylation sites (tertiary alicyclic amines) is 1. The maximum atomic E-state index is 12.9. The van der Waals surface area contributed by atoms with E-state index in [1.165, 1.54) is 5.56 Å². The molecule has 2 atom stereocenters. The molecule has 1 saturated heterocycles. The summed E-state index contributed by atoms with van der Waals surface area (Å²) in [7, 11) is 0. The van der Waals surface area contributed by atoms with Gasteiger partial charge in [0, 0.05) is 43.0 Å². The lowest BCUT2D eigenvalue weighted by molar-refractivity contribution is -0.133. The molecule has 0 bridgehead atoms. The van der Waals surface area contributed by atoms with Crippen molar-refractivity contribution in [3.63, 3.8) is 0 Å². The number of hydrogen-bond acceptors (Lipinski definition) is 4. The first-order valence-electron chi connectivity index (χ1n) is 9.87. The number of carbonyl (C=O) groups is 1. The molecule has 142 valence electrons. The number of hydrogen-bond donors (Lipinski definition) is 1. The van der Waals surface area contributed by atoms with Crippen molar-refractivity contribution >= 4 is 17.5 Å². The predicted octanol–water partition coefficient (Wildman–Crippen LogP) is 2.54. The van der Waals surface area contributed by atoms with Gasteiger partial charge in [0.25, 0.3) is 0 Å². The highest BCUT2D eigenvalue weighted by Gasteiger charge is 2.46. The summed E-state index contributed by atoms with van der Waals surface area (Å²) in [6.07, 6.45) is 2.90. The Morgan fingerprint density at radius 2 is 2.04 bits per heavy atom. The molecule has 2 aromatic rings. The minimum absolute atomic E-state index is 0.131. The summed E-state index contributed by atoms with van der Waals surface area (Å²) in [5, 5.41) is 12.9. The average Bonchev–Trinajstić information content (AvgIpc) is 3.39. The molecule has 1 aliphatic carbocycles. The smallest absolute Gasteiger partial charge is 0.226 e. The number of nitrogens with zero attached hydrogens (tertiary/aromatic N) is 4. The summed E-state index contributed by atoms with van der Waals surface area (Å²) in [5.74, 6) is 3.35. The quantitative estimate of drug-likeness (QED) is 0.881.